The molecule has 0 saturated heterocycles. The molecule has 7 heteroatoms. The van der Waals surface area contributed by atoms with Crippen LogP contribution in [0.1, 0.15) is 15.9 Å². The first-order valence-corrected chi connectivity index (χ1v) is 4.73. The lowest BCUT2D eigenvalue weighted by molar-refractivity contribution is -0.386. The number of nitro benzene ring substituents is 1. The van der Waals surface area contributed by atoms with E-state index in [-0.39, 0.29) is 16.8 Å². The molecule has 76 valence electrons. The molecule has 15 heavy (non-hydrogen) atoms. The molecule has 0 aromatic heterocycles. The summed E-state index contributed by atoms with van der Waals surface area (Å²) in [5, 5.41) is 19.4. The van der Waals surface area contributed by atoms with Crippen molar-refractivity contribution in [2.45, 2.75) is 0 Å². The molecule has 0 bridgehead atoms. The van der Waals surface area contributed by atoms with Crippen LogP contribution < -0.4 is 5.73 Å². The minimum absolute atomic E-state index is 0.135. The maximum Gasteiger partial charge on any atom is 0.301 e. The zero-order valence-electron chi connectivity index (χ0n) is 7.23. The third kappa shape index (κ3) is 2.04. The van der Waals surface area contributed by atoms with Crippen molar-refractivity contribution in [3.63, 3.8) is 0 Å². The summed E-state index contributed by atoms with van der Waals surface area (Å²) in [6.07, 6.45) is 0. The highest BCUT2D eigenvalue weighted by Crippen LogP contribution is 2.27. The number of amides is 1. The standard InChI is InChI=1S/C8H4IN3O3/c9-6-2-1-4(8(11)13)5(3-10)7(6)12(14)15/h1-2H,(H2,11,13). The fourth-order valence-electron chi connectivity index (χ4n) is 1.06. The van der Waals surface area contributed by atoms with Crippen LogP contribution in [0, 0.1) is 25.0 Å². The van der Waals surface area contributed by atoms with Gasteiger partial charge in [0.15, 0.2) is 0 Å². The van der Waals surface area contributed by atoms with Crippen molar-refractivity contribution < 1.29 is 9.72 Å². The van der Waals surface area contributed by atoms with Gasteiger partial charge in [-0.1, -0.05) is 0 Å². The smallest absolute Gasteiger partial charge is 0.301 e. The lowest BCUT2D eigenvalue weighted by atomic mass is 10.1. The van der Waals surface area contributed by atoms with Crippen LogP contribution in [-0.2, 0) is 0 Å². The molecule has 0 aliphatic heterocycles. The molecular weight excluding hydrogens is 313 g/mol. The normalized spacial score (nSPS) is 9.33. The zero-order chi connectivity index (χ0) is 11.6. The molecule has 1 aromatic rings. The Balaban J connectivity index is 3.64. The van der Waals surface area contributed by atoms with Crippen LogP contribution in [0.25, 0.3) is 0 Å². The number of carbonyl (C=O) groups is 1. The van der Waals surface area contributed by atoms with Gasteiger partial charge in [0.05, 0.1) is 14.1 Å². The number of nitrogens with zero attached hydrogens (tertiary/aromatic N) is 2. The Kier molecular flexibility index (Phi) is 3.21. The topological polar surface area (TPSA) is 110 Å². The van der Waals surface area contributed by atoms with Crippen LogP contribution in [0.4, 0.5) is 5.69 Å². The molecule has 2 N–H and O–H groups in total. The van der Waals surface area contributed by atoms with Crippen molar-refractivity contribution in [1.82, 2.24) is 0 Å². The summed E-state index contributed by atoms with van der Waals surface area (Å²) < 4.78 is 0.291. The number of nitriles is 1. The van der Waals surface area contributed by atoms with E-state index in [1.165, 1.54) is 12.1 Å². The Morgan fingerprint density at radius 2 is 2.20 bits per heavy atom. The van der Waals surface area contributed by atoms with Crippen molar-refractivity contribution >= 4 is 34.2 Å². The maximum absolute atomic E-state index is 10.9. The number of hydrogen-bond acceptors (Lipinski definition) is 4. The van der Waals surface area contributed by atoms with Gasteiger partial charge in [-0.3, -0.25) is 14.9 Å². The zero-order valence-corrected chi connectivity index (χ0v) is 9.39. The SMILES string of the molecule is N#Cc1c(C(N)=O)ccc(I)c1[N+](=O)[O-]. The van der Waals surface area contributed by atoms with E-state index in [1.54, 1.807) is 28.7 Å². The van der Waals surface area contributed by atoms with Crippen molar-refractivity contribution in [3.8, 4) is 6.07 Å². The van der Waals surface area contributed by atoms with Crippen LogP contribution in [0.15, 0.2) is 12.1 Å². The predicted molar refractivity (Wildman–Crippen MR) is 59.0 cm³/mol. The third-order valence-electron chi connectivity index (χ3n) is 1.69. The van der Waals surface area contributed by atoms with E-state index >= 15 is 0 Å². The highest BCUT2D eigenvalue weighted by molar-refractivity contribution is 14.1. The molecule has 1 amide bonds. The van der Waals surface area contributed by atoms with Crippen molar-refractivity contribution in [2.75, 3.05) is 0 Å². The van der Waals surface area contributed by atoms with Crippen LogP contribution in [-0.4, -0.2) is 10.8 Å². The maximum atomic E-state index is 10.9. The van der Waals surface area contributed by atoms with Crippen LogP contribution in [0.3, 0.4) is 0 Å². The van der Waals surface area contributed by atoms with E-state index in [0.29, 0.717) is 3.57 Å². The first-order valence-electron chi connectivity index (χ1n) is 3.65. The van der Waals surface area contributed by atoms with Gasteiger partial charge >= 0.3 is 5.69 Å². The number of primary amides is 1. The summed E-state index contributed by atoms with van der Waals surface area (Å²) in [4.78, 5) is 20.9. The van der Waals surface area contributed by atoms with E-state index in [9.17, 15) is 14.9 Å². The summed E-state index contributed by atoms with van der Waals surface area (Å²) in [5.74, 6) is -0.856. The highest BCUT2D eigenvalue weighted by Gasteiger charge is 2.23. The van der Waals surface area contributed by atoms with Gasteiger partial charge in [-0.25, -0.2) is 0 Å². The molecule has 0 aliphatic rings. The monoisotopic (exact) mass is 317 g/mol. The van der Waals surface area contributed by atoms with Crippen LogP contribution in [0.5, 0.6) is 0 Å². The number of nitrogens with two attached hydrogens (primary N) is 1. The Morgan fingerprint density at radius 3 is 2.60 bits per heavy atom. The lowest BCUT2D eigenvalue weighted by Gasteiger charge is -2.01. The molecule has 0 spiro atoms. The number of hydrogen-bond donors (Lipinski definition) is 1. The average molecular weight is 317 g/mol. The van der Waals surface area contributed by atoms with Crippen molar-refractivity contribution in [2.24, 2.45) is 5.73 Å². The Bertz CT molecular complexity index is 493. The Morgan fingerprint density at radius 1 is 1.60 bits per heavy atom. The predicted octanol–water partition coefficient (Wildman–Crippen LogP) is 1.17. The summed E-state index contributed by atoms with van der Waals surface area (Å²) in [6.45, 7) is 0. The molecule has 6 nitrogen and oxygen atoms in total. The summed E-state index contributed by atoms with van der Waals surface area (Å²) >= 11 is 1.72. The van der Waals surface area contributed by atoms with Gasteiger partial charge in [0.25, 0.3) is 0 Å². The first kappa shape index (κ1) is 11.4. The quantitative estimate of drug-likeness (QED) is 0.501. The molecule has 0 aliphatic carbocycles. The van der Waals surface area contributed by atoms with Gasteiger partial charge in [0, 0.05) is 0 Å². The number of nitro groups is 1. The van der Waals surface area contributed by atoms with Gasteiger partial charge in [-0.2, -0.15) is 5.26 Å². The average Bonchev–Trinajstić information content (AvgIpc) is 2.15. The summed E-state index contributed by atoms with van der Waals surface area (Å²) in [5.41, 5.74) is 4.19. The molecule has 0 saturated carbocycles. The fraction of sp³-hybridized carbons (Fsp3) is 0. The molecule has 0 unspecified atom stereocenters. The Hall–Kier alpha value is -1.69. The van der Waals surface area contributed by atoms with E-state index in [2.05, 4.69) is 0 Å². The molecule has 0 atom stereocenters. The molecule has 0 fully saturated rings. The van der Waals surface area contributed by atoms with E-state index in [0.717, 1.165) is 0 Å². The third-order valence-corrected chi connectivity index (χ3v) is 2.56. The van der Waals surface area contributed by atoms with E-state index < -0.39 is 10.8 Å². The van der Waals surface area contributed by atoms with Gasteiger partial charge in [-0.05, 0) is 34.7 Å². The van der Waals surface area contributed by atoms with E-state index in [4.69, 9.17) is 11.0 Å². The van der Waals surface area contributed by atoms with Crippen molar-refractivity contribution in [1.29, 1.82) is 5.26 Å². The minimum atomic E-state index is -0.856. The second-order valence-corrected chi connectivity index (χ2v) is 3.71. The fourth-order valence-corrected chi connectivity index (χ4v) is 1.71. The first-order chi connectivity index (χ1) is 6.99. The van der Waals surface area contributed by atoms with Gasteiger partial charge in [-0.15, -0.1) is 0 Å². The number of rotatable bonds is 2. The molecule has 1 aromatic carbocycles. The second-order valence-electron chi connectivity index (χ2n) is 2.55. The molecule has 1 rings (SSSR count). The lowest BCUT2D eigenvalue weighted by Crippen LogP contribution is -2.14. The molecule has 0 radical (unpaired) electrons. The van der Waals surface area contributed by atoms with Gasteiger partial charge in [0.2, 0.25) is 5.91 Å². The molecular formula is C8H4IN3O3. The number of carbonyl (C=O) groups excluding carboxylic acids is 1. The van der Waals surface area contributed by atoms with Gasteiger partial charge < -0.3 is 5.73 Å². The van der Waals surface area contributed by atoms with Gasteiger partial charge in [0.1, 0.15) is 11.6 Å². The highest BCUT2D eigenvalue weighted by atomic mass is 127. The van der Waals surface area contributed by atoms with Crippen LogP contribution >= 0.6 is 22.6 Å². The summed E-state index contributed by atoms with van der Waals surface area (Å²) in [6, 6.07) is 4.30. The second kappa shape index (κ2) is 4.22. The largest absolute Gasteiger partial charge is 0.366 e. The van der Waals surface area contributed by atoms with Crippen LogP contribution in [0.2, 0.25) is 0 Å². The van der Waals surface area contributed by atoms with E-state index in [1.807, 2.05) is 0 Å². The van der Waals surface area contributed by atoms with Crippen molar-refractivity contribution in [3.05, 3.63) is 36.9 Å². The number of halogens is 1. The molecule has 0 heterocycles. The number of benzene rings is 1. The minimum Gasteiger partial charge on any atom is -0.366 e. The summed E-state index contributed by atoms with van der Waals surface area (Å²) in [7, 11) is 0. The Labute approximate surface area is 98.0 Å².